The van der Waals surface area contributed by atoms with E-state index in [2.05, 4.69) is 5.32 Å². The van der Waals surface area contributed by atoms with E-state index in [1.165, 1.54) is 4.31 Å². The monoisotopic (exact) mass is 549 g/mol. The average Bonchev–Trinajstić information content (AvgIpc) is 2.82. The van der Waals surface area contributed by atoms with Gasteiger partial charge in [-0.15, -0.1) is 0 Å². The highest BCUT2D eigenvalue weighted by molar-refractivity contribution is 7.92. The Bertz CT molecular complexity index is 1180. The Morgan fingerprint density at radius 1 is 1.05 bits per heavy atom. The van der Waals surface area contributed by atoms with Gasteiger partial charge in [0.05, 0.1) is 11.9 Å². The van der Waals surface area contributed by atoms with Gasteiger partial charge in [0.2, 0.25) is 21.8 Å². The van der Waals surface area contributed by atoms with Crippen molar-refractivity contribution in [1.29, 1.82) is 0 Å². The number of benzene rings is 2. The van der Waals surface area contributed by atoms with Crippen LogP contribution in [0.2, 0.25) is 5.02 Å². The number of amides is 2. The summed E-state index contributed by atoms with van der Waals surface area (Å²) in [6, 6.07) is 12.3. The Balaban J connectivity index is 2.25. The molecule has 0 aliphatic carbocycles. The maximum atomic E-state index is 13.5. The summed E-state index contributed by atoms with van der Waals surface area (Å²) >= 11 is 6.13. The van der Waals surface area contributed by atoms with Gasteiger partial charge in [-0.2, -0.15) is 0 Å². The van der Waals surface area contributed by atoms with Crippen LogP contribution in [0.5, 0.6) is 0 Å². The molecule has 0 fully saturated rings. The molecule has 1 N–H and O–H groups in total. The third-order valence-electron chi connectivity index (χ3n) is 6.26. The Kier molecular flexibility index (Phi) is 11.4. The molecule has 0 saturated carbocycles. The molecule has 2 amide bonds. The fraction of sp³-hybridized carbons (Fsp3) is 0.500. The number of sulfonamides is 1. The molecular formula is C28H40ClN3O4S. The second-order valence-corrected chi connectivity index (χ2v) is 12.2. The summed E-state index contributed by atoms with van der Waals surface area (Å²) in [6.07, 6.45) is 2.02. The van der Waals surface area contributed by atoms with E-state index in [4.69, 9.17) is 11.6 Å². The molecule has 0 aliphatic heterocycles. The Hall–Kier alpha value is -2.58. The van der Waals surface area contributed by atoms with Crippen molar-refractivity contribution in [3.63, 3.8) is 0 Å². The van der Waals surface area contributed by atoms with E-state index in [0.717, 1.165) is 22.9 Å². The molecule has 1 unspecified atom stereocenters. The van der Waals surface area contributed by atoms with E-state index < -0.39 is 16.1 Å². The summed E-state index contributed by atoms with van der Waals surface area (Å²) in [5.41, 5.74) is 3.28. The third kappa shape index (κ3) is 9.04. The summed E-state index contributed by atoms with van der Waals surface area (Å²) in [5.74, 6) is -0.0737. The molecule has 2 aromatic rings. The minimum absolute atomic E-state index is 0.103. The van der Waals surface area contributed by atoms with Gasteiger partial charge in [-0.05, 0) is 61.4 Å². The number of aryl methyl sites for hydroxylation is 2. The normalized spacial score (nSPS) is 12.3. The van der Waals surface area contributed by atoms with Crippen molar-refractivity contribution in [2.75, 3.05) is 23.7 Å². The van der Waals surface area contributed by atoms with Gasteiger partial charge < -0.3 is 10.2 Å². The first kappa shape index (κ1) is 30.6. The summed E-state index contributed by atoms with van der Waals surface area (Å²) in [7, 11) is -3.59. The first-order valence-electron chi connectivity index (χ1n) is 12.7. The van der Waals surface area contributed by atoms with Crippen LogP contribution in [0.1, 0.15) is 56.7 Å². The number of carbonyl (C=O) groups excluding carboxylic acids is 2. The molecule has 7 nitrogen and oxygen atoms in total. The van der Waals surface area contributed by atoms with Crippen molar-refractivity contribution in [2.24, 2.45) is 5.92 Å². The van der Waals surface area contributed by atoms with E-state index in [-0.39, 0.29) is 24.8 Å². The van der Waals surface area contributed by atoms with Crippen LogP contribution < -0.4 is 9.62 Å². The van der Waals surface area contributed by atoms with Gasteiger partial charge in [0.15, 0.2) is 0 Å². The average molecular weight is 550 g/mol. The highest BCUT2D eigenvalue weighted by Gasteiger charge is 2.29. The number of nitrogens with one attached hydrogen (secondary N) is 1. The Morgan fingerprint density at radius 2 is 1.73 bits per heavy atom. The van der Waals surface area contributed by atoms with Crippen LogP contribution >= 0.6 is 11.6 Å². The maximum Gasteiger partial charge on any atom is 0.242 e. The fourth-order valence-electron chi connectivity index (χ4n) is 4.15. The van der Waals surface area contributed by atoms with Crippen LogP contribution in [-0.2, 0) is 26.2 Å². The zero-order valence-electron chi connectivity index (χ0n) is 22.8. The van der Waals surface area contributed by atoms with E-state index >= 15 is 0 Å². The lowest BCUT2D eigenvalue weighted by molar-refractivity contribution is -0.141. The number of hydrogen-bond donors (Lipinski definition) is 1. The molecule has 0 saturated heterocycles. The lowest BCUT2D eigenvalue weighted by atomic mass is 10.0. The SMILES string of the molecule is CCC(C(=O)NCC(C)C)N(Cc1ccccc1C)C(=O)CCCN(c1cc(Cl)ccc1C)S(C)(=O)=O. The van der Waals surface area contributed by atoms with Gasteiger partial charge in [0, 0.05) is 31.1 Å². The molecule has 0 bridgehead atoms. The number of hydrogen-bond acceptors (Lipinski definition) is 4. The maximum absolute atomic E-state index is 13.5. The Labute approximate surface area is 227 Å². The van der Waals surface area contributed by atoms with Crippen LogP contribution in [0, 0.1) is 19.8 Å². The quantitative estimate of drug-likeness (QED) is 0.377. The second kappa shape index (κ2) is 13.8. The molecule has 0 heterocycles. The topological polar surface area (TPSA) is 86.8 Å². The molecule has 204 valence electrons. The summed E-state index contributed by atoms with van der Waals surface area (Å²) in [4.78, 5) is 28.2. The number of rotatable bonds is 13. The van der Waals surface area contributed by atoms with Crippen molar-refractivity contribution in [1.82, 2.24) is 10.2 Å². The smallest absolute Gasteiger partial charge is 0.242 e. The van der Waals surface area contributed by atoms with Gasteiger partial charge in [-0.3, -0.25) is 13.9 Å². The highest BCUT2D eigenvalue weighted by Crippen LogP contribution is 2.27. The largest absolute Gasteiger partial charge is 0.354 e. The van der Waals surface area contributed by atoms with E-state index in [9.17, 15) is 18.0 Å². The molecule has 1 atom stereocenters. The van der Waals surface area contributed by atoms with Crippen LogP contribution in [0.3, 0.4) is 0 Å². The predicted octanol–water partition coefficient (Wildman–Crippen LogP) is 5.08. The third-order valence-corrected chi connectivity index (χ3v) is 7.68. The van der Waals surface area contributed by atoms with Crippen LogP contribution in [0.15, 0.2) is 42.5 Å². The molecule has 0 spiro atoms. The molecular weight excluding hydrogens is 510 g/mol. The second-order valence-electron chi connectivity index (χ2n) is 9.88. The predicted molar refractivity (Wildman–Crippen MR) is 151 cm³/mol. The molecule has 0 radical (unpaired) electrons. The highest BCUT2D eigenvalue weighted by atomic mass is 35.5. The van der Waals surface area contributed by atoms with Gasteiger partial charge in [-0.25, -0.2) is 8.42 Å². The standard InChI is InChI=1S/C28H40ClN3O4S/c1-7-25(28(34)30-18-20(2)3)31(19-23-12-9-8-11-21(23)4)27(33)13-10-16-32(37(6,35)36)26-17-24(29)15-14-22(26)5/h8-9,11-12,14-15,17,20,25H,7,10,13,16,18-19H2,1-6H3,(H,30,34). The summed E-state index contributed by atoms with van der Waals surface area (Å²) in [6.45, 7) is 10.7. The Morgan fingerprint density at radius 3 is 2.32 bits per heavy atom. The van der Waals surface area contributed by atoms with Crippen molar-refractivity contribution in [3.05, 3.63) is 64.2 Å². The van der Waals surface area contributed by atoms with Gasteiger partial charge >= 0.3 is 0 Å². The molecule has 37 heavy (non-hydrogen) atoms. The van der Waals surface area contributed by atoms with Gasteiger partial charge in [0.1, 0.15) is 6.04 Å². The van der Waals surface area contributed by atoms with E-state index in [0.29, 0.717) is 42.6 Å². The van der Waals surface area contributed by atoms with Crippen molar-refractivity contribution in [2.45, 2.75) is 66.5 Å². The molecule has 0 aromatic heterocycles. The number of halogens is 1. The molecule has 9 heteroatoms. The van der Waals surface area contributed by atoms with Crippen LogP contribution in [0.4, 0.5) is 5.69 Å². The number of nitrogens with zero attached hydrogens (tertiary/aromatic N) is 2. The van der Waals surface area contributed by atoms with Crippen molar-refractivity contribution >= 4 is 39.1 Å². The number of anilines is 1. The summed E-state index contributed by atoms with van der Waals surface area (Å²) < 4.78 is 26.5. The summed E-state index contributed by atoms with van der Waals surface area (Å²) in [5, 5.41) is 3.40. The van der Waals surface area contributed by atoms with E-state index in [1.54, 1.807) is 23.1 Å². The minimum Gasteiger partial charge on any atom is -0.354 e. The molecule has 0 aliphatic rings. The fourth-order valence-corrected chi connectivity index (χ4v) is 5.33. The van der Waals surface area contributed by atoms with E-state index in [1.807, 2.05) is 58.9 Å². The first-order chi connectivity index (χ1) is 17.3. The van der Waals surface area contributed by atoms with Crippen LogP contribution in [-0.4, -0.2) is 50.5 Å². The zero-order valence-corrected chi connectivity index (χ0v) is 24.3. The van der Waals surface area contributed by atoms with Crippen molar-refractivity contribution in [3.8, 4) is 0 Å². The van der Waals surface area contributed by atoms with Crippen LogP contribution in [0.25, 0.3) is 0 Å². The lowest BCUT2D eigenvalue weighted by Crippen LogP contribution is -2.49. The van der Waals surface area contributed by atoms with Crippen molar-refractivity contribution < 1.29 is 18.0 Å². The minimum atomic E-state index is -3.59. The first-order valence-corrected chi connectivity index (χ1v) is 14.9. The van der Waals surface area contributed by atoms with Gasteiger partial charge in [0.25, 0.3) is 0 Å². The lowest BCUT2D eigenvalue weighted by Gasteiger charge is -2.32. The molecule has 2 aromatic carbocycles. The zero-order chi connectivity index (χ0) is 27.8. The number of carbonyl (C=O) groups is 2. The molecule has 2 rings (SSSR count). The van der Waals surface area contributed by atoms with Gasteiger partial charge in [-0.1, -0.05) is 62.7 Å².